The number of amides is 1. The predicted molar refractivity (Wildman–Crippen MR) is 217 cm³/mol. The van der Waals surface area contributed by atoms with Gasteiger partial charge in [-0.1, -0.05) is 191 Å². The molecule has 4 N–H and O–H groups in total. The Kier molecular flexibility index (Phi) is 38.7. The van der Waals surface area contributed by atoms with E-state index in [1.807, 2.05) is 6.08 Å². The van der Waals surface area contributed by atoms with E-state index in [-0.39, 0.29) is 18.9 Å². The summed E-state index contributed by atoms with van der Waals surface area (Å²) >= 11 is 0. The summed E-state index contributed by atoms with van der Waals surface area (Å²) in [6.45, 7) is 4.17. The quantitative estimate of drug-likeness (QED) is 0.0293. The van der Waals surface area contributed by atoms with Crippen LogP contribution in [0.1, 0.15) is 206 Å². The number of aliphatic hydroxyl groups excluding tert-OH is 3. The Balaban J connectivity index is 3.74. The highest BCUT2D eigenvalue weighted by molar-refractivity contribution is 5.76. The van der Waals surface area contributed by atoms with Gasteiger partial charge in [-0.15, -0.1) is 0 Å². The molecule has 3 atom stereocenters. The average Bonchev–Trinajstić information content (AvgIpc) is 3.11. The molecule has 0 aliphatic carbocycles. The number of allylic oxidation sites excluding steroid dienone is 7. The van der Waals surface area contributed by atoms with Crippen molar-refractivity contribution in [2.75, 3.05) is 6.61 Å². The van der Waals surface area contributed by atoms with Crippen LogP contribution in [0.5, 0.6) is 0 Å². The molecule has 0 fully saturated rings. The van der Waals surface area contributed by atoms with Crippen molar-refractivity contribution in [3.05, 3.63) is 48.6 Å². The van der Waals surface area contributed by atoms with Gasteiger partial charge < -0.3 is 20.6 Å². The molecule has 0 rings (SSSR count). The first kappa shape index (κ1) is 48.3. The molecule has 3 unspecified atom stereocenters. The summed E-state index contributed by atoms with van der Waals surface area (Å²) in [5.41, 5.74) is 0. The van der Waals surface area contributed by atoms with Crippen LogP contribution in [0, 0.1) is 0 Å². The minimum Gasteiger partial charge on any atom is -0.394 e. The fourth-order valence-electron chi connectivity index (χ4n) is 6.29. The van der Waals surface area contributed by atoms with Crippen LogP contribution >= 0.6 is 0 Å². The van der Waals surface area contributed by atoms with E-state index in [2.05, 4.69) is 55.6 Å². The summed E-state index contributed by atoms with van der Waals surface area (Å²) < 4.78 is 0. The zero-order valence-electron chi connectivity index (χ0n) is 33.0. The molecule has 0 aliphatic heterocycles. The molecule has 0 saturated carbocycles. The second-order valence-electron chi connectivity index (χ2n) is 14.6. The smallest absolute Gasteiger partial charge is 0.222 e. The molecule has 0 spiro atoms. The van der Waals surface area contributed by atoms with E-state index in [1.54, 1.807) is 6.08 Å². The number of hydrogen-bond acceptors (Lipinski definition) is 4. The van der Waals surface area contributed by atoms with Crippen molar-refractivity contribution in [3.63, 3.8) is 0 Å². The van der Waals surface area contributed by atoms with Crippen molar-refractivity contribution in [2.24, 2.45) is 0 Å². The minimum absolute atomic E-state index is 0.0000172. The fraction of sp³-hybridized carbons (Fsp3) is 0.800. The zero-order valence-corrected chi connectivity index (χ0v) is 33.0. The molecular formula is C45H83NO4. The van der Waals surface area contributed by atoms with Crippen molar-refractivity contribution in [3.8, 4) is 0 Å². The summed E-state index contributed by atoms with van der Waals surface area (Å²) in [7, 11) is 0. The first-order valence-electron chi connectivity index (χ1n) is 21.4. The van der Waals surface area contributed by atoms with Gasteiger partial charge in [-0.05, 0) is 57.8 Å². The van der Waals surface area contributed by atoms with E-state index in [1.165, 1.54) is 141 Å². The normalized spacial score (nSPS) is 14.1. The molecule has 5 nitrogen and oxygen atoms in total. The standard InChI is InChI=1S/C45H83NO4/c1-3-5-7-9-11-13-15-17-19-21-23-25-27-29-31-33-35-37-39-44(49)43(41-47)46-45(50)40-42(48)38-36-34-32-30-28-26-24-22-20-18-16-14-12-10-8-6-4-2/h12,14,16,18,29,31,37,39,42-44,47-49H,3-11,13,15,17,19-28,30,32-36,38,40-41H2,1-2H3,(H,46,50)/b14-12-,18-16-,31-29+,39-37+. The van der Waals surface area contributed by atoms with Crippen LogP contribution in [0.15, 0.2) is 48.6 Å². The van der Waals surface area contributed by atoms with E-state index in [0.29, 0.717) is 6.42 Å². The number of hydrogen-bond donors (Lipinski definition) is 4. The maximum Gasteiger partial charge on any atom is 0.222 e. The van der Waals surface area contributed by atoms with Crippen molar-refractivity contribution in [1.82, 2.24) is 5.32 Å². The maximum atomic E-state index is 12.4. The molecule has 0 aliphatic rings. The second-order valence-corrected chi connectivity index (χ2v) is 14.6. The Labute approximate surface area is 310 Å². The van der Waals surface area contributed by atoms with Crippen LogP contribution in [0.3, 0.4) is 0 Å². The molecule has 0 aromatic rings. The predicted octanol–water partition coefficient (Wildman–Crippen LogP) is 12.2. The molecule has 50 heavy (non-hydrogen) atoms. The highest BCUT2D eigenvalue weighted by Crippen LogP contribution is 2.14. The Morgan fingerprint density at radius 1 is 0.520 bits per heavy atom. The van der Waals surface area contributed by atoms with Crippen molar-refractivity contribution < 1.29 is 20.1 Å². The lowest BCUT2D eigenvalue weighted by molar-refractivity contribution is -0.124. The van der Waals surface area contributed by atoms with Gasteiger partial charge in [-0.3, -0.25) is 4.79 Å². The van der Waals surface area contributed by atoms with Gasteiger partial charge >= 0.3 is 0 Å². The van der Waals surface area contributed by atoms with Gasteiger partial charge in [0.2, 0.25) is 5.91 Å². The Hall–Kier alpha value is -1.69. The van der Waals surface area contributed by atoms with E-state index in [0.717, 1.165) is 38.5 Å². The van der Waals surface area contributed by atoms with Crippen LogP contribution in [-0.4, -0.2) is 46.1 Å². The van der Waals surface area contributed by atoms with E-state index < -0.39 is 18.2 Å². The first-order valence-corrected chi connectivity index (χ1v) is 21.4. The average molecular weight is 702 g/mol. The lowest BCUT2D eigenvalue weighted by atomic mass is 10.0. The zero-order chi connectivity index (χ0) is 36.6. The van der Waals surface area contributed by atoms with Crippen molar-refractivity contribution >= 4 is 5.91 Å². The summed E-state index contributed by atoms with van der Waals surface area (Å²) in [4.78, 5) is 12.4. The van der Waals surface area contributed by atoms with Gasteiger partial charge in [0, 0.05) is 0 Å². The SMILES string of the molecule is CCCCC/C=C\C=C/CCCCCCCCCCC(O)CC(=O)NC(CO)C(O)/C=C/CC/C=C/CCCCCCCCCCCCCC. The van der Waals surface area contributed by atoms with Gasteiger partial charge in [0.05, 0.1) is 31.3 Å². The minimum atomic E-state index is -0.954. The summed E-state index contributed by atoms with van der Waals surface area (Å²) in [5, 5.41) is 33.2. The molecule has 0 heterocycles. The molecule has 0 bridgehead atoms. The lowest BCUT2D eigenvalue weighted by Gasteiger charge is -2.21. The third kappa shape index (κ3) is 36.1. The Morgan fingerprint density at radius 3 is 1.44 bits per heavy atom. The molecule has 5 heteroatoms. The maximum absolute atomic E-state index is 12.4. The van der Waals surface area contributed by atoms with Crippen LogP contribution in [0.25, 0.3) is 0 Å². The second kappa shape index (κ2) is 40.1. The lowest BCUT2D eigenvalue weighted by Crippen LogP contribution is -2.45. The highest BCUT2D eigenvalue weighted by atomic mass is 16.3. The molecule has 1 amide bonds. The van der Waals surface area contributed by atoms with E-state index >= 15 is 0 Å². The fourth-order valence-corrected chi connectivity index (χ4v) is 6.29. The summed E-state index contributed by atoms with van der Waals surface area (Å²) in [6.07, 6.45) is 51.0. The topological polar surface area (TPSA) is 89.8 Å². The Morgan fingerprint density at radius 2 is 0.920 bits per heavy atom. The van der Waals surface area contributed by atoms with Crippen LogP contribution in [0.2, 0.25) is 0 Å². The van der Waals surface area contributed by atoms with Gasteiger partial charge in [0.25, 0.3) is 0 Å². The number of carbonyl (C=O) groups excluding carboxylic acids is 1. The van der Waals surface area contributed by atoms with Gasteiger partial charge in [0.15, 0.2) is 0 Å². The van der Waals surface area contributed by atoms with Crippen molar-refractivity contribution in [2.45, 2.75) is 225 Å². The summed E-state index contributed by atoms with van der Waals surface area (Å²) in [5.74, 6) is -0.331. The van der Waals surface area contributed by atoms with Gasteiger partial charge in [-0.2, -0.15) is 0 Å². The number of rotatable bonds is 38. The first-order chi connectivity index (χ1) is 24.5. The molecule has 0 saturated heterocycles. The largest absolute Gasteiger partial charge is 0.394 e. The third-order valence-corrected chi connectivity index (χ3v) is 9.62. The van der Waals surface area contributed by atoms with Crippen LogP contribution in [0.4, 0.5) is 0 Å². The third-order valence-electron chi connectivity index (χ3n) is 9.62. The molecule has 0 radical (unpaired) electrons. The monoisotopic (exact) mass is 702 g/mol. The van der Waals surface area contributed by atoms with E-state index in [9.17, 15) is 20.1 Å². The Bertz CT molecular complexity index is 820. The molecule has 0 aromatic heterocycles. The van der Waals surface area contributed by atoms with E-state index in [4.69, 9.17) is 0 Å². The van der Waals surface area contributed by atoms with Crippen LogP contribution < -0.4 is 5.32 Å². The van der Waals surface area contributed by atoms with Crippen LogP contribution in [-0.2, 0) is 4.79 Å². The number of aliphatic hydroxyl groups is 3. The number of carbonyl (C=O) groups is 1. The molecule has 0 aromatic carbocycles. The van der Waals surface area contributed by atoms with Gasteiger partial charge in [-0.25, -0.2) is 0 Å². The molecule has 292 valence electrons. The molecular weight excluding hydrogens is 618 g/mol. The van der Waals surface area contributed by atoms with Gasteiger partial charge in [0.1, 0.15) is 0 Å². The highest BCUT2D eigenvalue weighted by Gasteiger charge is 2.20. The number of unbranched alkanes of at least 4 members (excludes halogenated alkanes) is 24. The number of nitrogens with one attached hydrogen (secondary N) is 1. The summed E-state index contributed by atoms with van der Waals surface area (Å²) in [6, 6.07) is -0.763. The van der Waals surface area contributed by atoms with Crippen molar-refractivity contribution in [1.29, 1.82) is 0 Å².